The normalized spacial score (nSPS) is 39.2. The van der Waals surface area contributed by atoms with Gasteiger partial charge < -0.3 is 19.3 Å². The van der Waals surface area contributed by atoms with Crippen molar-refractivity contribution in [3.63, 3.8) is 0 Å². The van der Waals surface area contributed by atoms with Gasteiger partial charge in [0.2, 0.25) is 0 Å². The fraction of sp³-hybridized carbons (Fsp3) is 0.800. The smallest absolute Gasteiger partial charge is 0.385 e. The molecule has 4 aliphatic heterocycles. The van der Waals surface area contributed by atoms with Crippen LogP contribution >= 0.6 is 0 Å². The molecule has 0 aromatic heterocycles. The van der Waals surface area contributed by atoms with E-state index in [0.717, 1.165) is 25.7 Å². The van der Waals surface area contributed by atoms with Gasteiger partial charge in [-0.05, 0) is 39.8 Å². The van der Waals surface area contributed by atoms with Gasteiger partial charge in [0, 0.05) is 61.7 Å². The predicted molar refractivity (Wildman–Crippen MR) is 95.2 cm³/mol. The number of ether oxygens (including phenoxy) is 2. The van der Waals surface area contributed by atoms with Crippen LogP contribution in [0.3, 0.4) is 0 Å². The van der Waals surface area contributed by atoms with Crippen LogP contribution in [0.1, 0.15) is 51.4 Å². The predicted octanol–water partition coefficient (Wildman–Crippen LogP) is 1.33. The first kappa shape index (κ1) is 17.8. The van der Waals surface area contributed by atoms with Gasteiger partial charge in [0.05, 0.1) is 0 Å². The van der Waals surface area contributed by atoms with E-state index in [1.165, 1.54) is 25.7 Å². The number of piperidine rings is 2. The Hall–Kier alpha value is -1.58. The third-order valence-electron chi connectivity index (χ3n) is 6.92. The number of hydrogen-bond donors (Lipinski definition) is 0. The van der Waals surface area contributed by atoms with Crippen molar-refractivity contribution in [1.82, 2.24) is 9.80 Å². The van der Waals surface area contributed by atoms with E-state index in [-0.39, 0.29) is 12.2 Å². The molecule has 4 rings (SSSR count). The maximum atomic E-state index is 12.0. The van der Waals surface area contributed by atoms with E-state index in [2.05, 4.69) is 35.7 Å². The highest BCUT2D eigenvalue weighted by Crippen LogP contribution is 2.36. The fourth-order valence-electron chi connectivity index (χ4n) is 5.38. The van der Waals surface area contributed by atoms with Crippen LogP contribution in [0.15, 0.2) is 0 Å². The second-order valence-corrected chi connectivity index (χ2v) is 8.35. The zero-order valence-corrected chi connectivity index (χ0v) is 15.6. The van der Waals surface area contributed by atoms with Crippen LogP contribution < -0.4 is 0 Å². The third kappa shape index (κ3) is 3.60. The summed E-state index contributed by atoms with van der Waals surface area (Å²) in [6.45, 7) is 0. The summed E-state index contributed by atoms with van der Waals surface area (Å²) in [6.07, 6.45) is 7.99. The van der Waals surface area contributed by atoms with Gasteiger partial charge in [0.15, 0.2) is 0 Å². The Kier molecular flexibility index (Phi) is 4.94. The van der Waals surface area contributed by atoms with Gasteiger partial charge in [-0.15, -0.1) is 0 Å². The maximum Gasteiger partial charge on any atom is 0.385 e. The van der Waals surface area contributed by atoms with E-state index < -0.39 is 11.9 Å². The minimum atomic E-state index is -0.612. The average molecular weight is 360 g/mol. The average Bonchev–Trinajstić information content (AvgIpc) is 2.95. The van der Waals surface area contributed by atoms with Crippen LogP contribution in [0.5, 0.6) is 0 Å². The van der Waals surface area contributed by atoms with Crippen LogP contribution in [0, 0.1) is 11.8 Å². The lowest BCUT2D eigenvalue weighted by atomic mass is 10.0. The Labute approximate surface area is 155 Å². The molecule has 6 nitrogen and oxygen atoms in total. The minimum Gasteiger partial charge on any atom is -0.453 e. The first-order valence-corrected chi connectivity index (χ1v) is 9.86. The summed E-state index contributed by atoms with van der Waals surface area (Å²) in [5, 5.41) is 0. The molecule has 0 N–H and O–H groups in total. The molecule has 0 saturated carbocycles. The lowest BCUT2D eigenvalue weighted by Crippen LogP contribution is -2.43. The summed E-state index contributed by atoms with van der Waals surface area (Å²) in [5.74, 6) is 3.41. The molecule has 6 heteroatoms. The van der Waals surface area contributed by atoms with Crippen LogP contribution in [0.2, 0.25) is 0 Å². The summed E-state index contributed by atoms with van der Waals surface area (Å²) in [5.41, 5.74) is 0. The first-order valence-electron chi connectivity index (χ1n) is 9.86. The van der Waals surface area contributed by atoms with Crippen LogP contribution in [0.4, 0.5) is 0 Å². The Balaban J connectivity index is 1.24. The lowest BCUT2D eigenvalue weighted by Gasteiger charge is -2.35. The molecule has 26 heavy (non-hydrogen) atoms. The summed E-state index contributed by atoms with van der Waals surface area (Å²) >= 11 is 0. The van der Waals surface area contributed by atoms with Crippen molar-refractivity contribution in [2.75, 3.05) is 14.1 Å². The van der Waals surface area contributed by atoms with Crippen LogP contribution in [-0.2, 0) is 19.1 Å². The van der Waals surface area contributed by atoms with Crippen molar-refractivity contribution in [3.05, 3.63) is 0 Å². The summed E-state index contributed by atoms with van der Waals surface area (Å²) in [6, 6.07) is 2.02. The standard InChI is InChI=1S/C20H28N2O4/c1-21-13-3-4-14(21)10-17(9-13)25-19(23)7-8-20(24)26-18-11-15-5-6-16(12-18)22(15)2/h13-18H,3-6,9-12H2,1-2H3. The molecule has 4 saturated heterocycles. The van der Waals surface area contributed by atoms with Crippen molar-refractivity contribution in [1.29, 1.82) is 0 Å². The van der Waals surface area contributed by atoms with E-state index >= 15 is 0 Å². The highest BCUT2D eigenvalue weighted by Gasteiger charge is 2.40. The summed E-state index contributed by atoms with van der Waals surface area (Å²) < 4.78 is 10.9. The second kappa shape index (κ2) is 7.21. The van der Waals surface area contributed by atoms with Gasteiger partial charge in [-0.1, -0.05) is 0 Å². The molecule has 4 bridgehead atoms. The van der Waals surface area contributed by atoms with Gasteiger partial charge in [-0.25, -0.2) is 9.59 Å². The Bertz CT molecular complexity index is 559. The van der Waals surface area contributed by atoms with Crippen molar-refractivity contribution in [3.8, 4) is 11.8 Å². The maximum absolute atomic E-state index is 12.0. The van der Waals surface area contributed by atoms with E-state index in [1.807, 2.05) is 0 Å². The zero-order chi connectivity index (χ0) is 18.3. The van der Waals surface area contributed by atoms with Gasteiger partial charge in [0.25, 0.3) is 0 Å². The molecule has 4 heterocycles. The number of carbonyl (C=O) groups excluding carboxylic acids is 2. The Morgan fingerprint density at radius 3 is 1.31 bits per heavy atom. The van der Waals surface area contributed by atoms with E-state index in [4.69, 9.17) is 9.47 Å². The lowest BCUT2D eigenvalue weighted by molar-refractivity contribution is -0.147. The highest BCUT2D eigenvalue weighted by atomic mass is 16.5. The van der Waals surface area contributed by atoms with Crippen LogP contribution in [-0.4, -0.2) is 72.2 Å². The zero-order valence-electron chi connectivity index (χ0n) is 15.6. The Morgan fingerprint density at radius 2 is 1.00 bits per heavy atom. The van der Waals surface area contributed by atoms with Gasteiger partial charge >= 0.3 is 11.9 Å². The molecule has 0 aromatic rings. The van der Waals surface area contributed by atoms with Crippen molar-refractivity contribution >= 4 is 11.9 Å². The molecule has 0 spiro atoms. The molecule has 4 atom stereocenters. The molecular weight excluding hydrogens is 332 g/mol. The van der Waals surface area contributed by atoms with E-state index in [0.29, 0.717) is 24.2 Å². The van der Waals surface area contributed by atoms with E-state index in [9.17, 15) is 9.59 Å². The van der Waals surface area contributed by atoms with Crippen molar-refractivity contribution < 1.29 is 19.1 Å². The van der Waals surface area contributed by atoms with Crippen molar-refractivity contribution in [2.24, 2.45) is 0 Å². The van der Waals surface area contributed by atoms with E-state index in [1.54, 1.807) is 0 Å². The molecule has 0 aromatic carbocycles. The quantitative estimate of drug-likeness (QED) is 0.421. The summed E-state index contributed by atoms with van der Waals surface area (Å²) in [7, 11) is 4.29. The molecule has 142 valence electrons. The van der Waals surface area contributed by atoms with Crippen LogP contribution in [0.25, 0.3) is 0 Å². The first-order chi connectivity index (χ1) is 12.5. The van der Waals surface area contributed by atoms with Crippen molar-refractivity contribution in [2.45, 2.75) is 87.7 Å². The second-order valence-electron chi connectivity index (χ2n) is 8.35. The topological polar surface area (TPSA) is 59.1 Å². The molecule has 0 amide bonds. The minimum absolute atomic E-state index is 0.0778. The number of esters is 2. The fourth-order valence-corrected chi connectivity index (χ4v) is 5.38. The molecular formula is C20H28N2O4. The Morgan fingerprint density at radius 1 is 0.692 bits per heavy atom. The van der Waals surface area contributed by atoms with Gasteiger partial charge in [-0.2, -0.15) is 0 Å². The number of nitrogens with zero attached hydrogens (tertiary/aromatic N) is 2. The van der Waals surface area contributed by atoms with Gasteiger partial charge in [0.1, 0.15) is 12.2 Å². The number of fused-ring (bicyclic) bond motifs is 4. The summed E-state index contributed by atoms with van der Waals surface area (Å²) in [4.78, 5) is 28.7. The number of rotatable bonds is 2. The SMILES string of the molecule is CN1C2CCC1CC(OC(=O)C#CC(=O)OC1CC3CCC(C1)N3C)C2. The molecule has 4 fully saturated rings. The number of carbonyl (C=O) groups is 2. The molecule has 0 radical (unpaired) electrons. The third-order valence-corrected chi connectivity index (χ3v) is 6.92. The molecule has 4 unspecified atom stereocenters. The highest BCUT2D eigenvalue weighted by molar-refractivity contribution is 5.98. The monoisotopic (exact) mass is 360 g/mol. The number of hydrogen-bond acceptors (Lipinski definition) is 6. The molecule has 4 aliphatic rings. The van der Waals surface area contributed by atoms with Gasteiger partial charge in [-0.3, -0.25) is 0 Å². The molecule has 0 aliphatic carbocycles. The largest absolute Gasteiger partial charge is 0.453 e.